The van der Waals surface area contributed by atoms with Gasteiger partial charge in [-0.2, -0.15) is 0 Å². The molecule has 0 spiro atoms. The molecule has 0 atom stereocenters. The third kappa shape index (κ3) is 1.58. The van der Waals surface area contributed by atoms with Crippen molar-refractivity contribution in [3.8, 4) is 0 Å². The number of rotatable bonds is 1. The van der Waals surface area contributed by atoms with Crippen LogP contribution in [0.15, 0.2) is 24.4 Å². The molecule has 3 heteroatoms. The summed E-state index contributed by atoms with van der Waals surface area (Å²) in [6, 6.07) is 4.04. The monoisotopic (exact) mass is 191 g/mol. The molecule has 0 bridgehead atoms. The molecule has 0 aromatic carbocycles. The minimum atomic E-state index is -0.269. The van der Waals surface area contributed by atoms with Crippen LogP contribution in [0.1, 0.15) is 18.5 Å². The first-order chi connectivity index (χ1) is 6.81. The Hall–Kier alpha value is -1.51. The van der Waals surface area contributed by atoms with Crippen LogP contribution in [0.25, 0.3) is 5.57 Å². The quantitative estimate of drug-likeness (QED) is 0.501. The minimum absolute atomic E-state index is 0.269. The summed E-state index contributed by atoms with van der Waals surface area (Å²) in [4.78, 5) is 11.1. The van der Waals surface area contributed by atoms with Crippen molar-refractivity contribution >= 4 is 11.5 Å². The molecule has 1 aliphatic heterocycles. The molecule has 1 aliphatic rings. The van der Waals surface area contributed by atoms with E-state index in [4.69, 9.17) is 0 Å². The van der Waals surface area contributed by atoms with Crippen LogP contribution in [0, 0.1) is 0 Å². The summed E-state index contributed by atoms with van der Waals surface area (Å²) in [6.45, 7) is 1.04. The number of carbonyl (C=O) groups is 1. The van der Waals surface area contributed by atoms with Crippen LogP contribution < -0.4 is 0 Å². The van der Waals surface area contributed by atoms with Gasteiger partial charge in [0, 0.05) is 24.5 Å². The second kappa shape index (κ2) is 3.70. The fourth-order valence-electron chi connectivity index (χ4n) is 1.82. The molecular formula is C11H13NO2. The van der Waals surface area contributed by atoms with Crippen LogP contribution in [0.4, 0.5) is 0 Å². The van der Waals surface area contributed by atoms with Crippen molar-refractivity contribution in [1.29, 1.82) is 0 Å². The largest absolute Gasteiger partial charge is 0.466 e. The Morgan fingerprint density at radius 2 is 2.50 bits per heavy atom. The number of hydrogen-bond donors (Lipinski definition) is 0. The summed E-state index contributed by atoms with van der Waals surface area (Å²) >= 11 is 0. The molecule has 14 heavy (non-hydrogen) atoms. The van der Waals surface area contributed by atoms with Crippen LogP contribution >= 0.6 is 0 Å². The van der Waals surface area contributed by atoms with Crippen molar-refractivity contribution in [3.05, 3.63) is 30.1 Å². The number of methoxy groups -OCH3 is 1. The van der Waals surface area contributed by atoms with Crippen LogP contribution in [0.3, 0.4) is 0 Å². The van der Waals surface area contributed by atoms with Crippen molar-refractivity contribution < 1.29 is 9.53 Å². The zero-order valence-corrected chi connectivity index (χ0v) is 8.19. The number of fused-ring (bicyclic) bond motifs is 1. The van der Waals surface area contributed by atoms with Gasteiger partial charge in [-0.15, -0.1) is 0 Å². The first-order valence-electron chi connectivity index (χ1n) is 4.75. The number of aromatic nitrogens is 1. The Kier molecular flexibility index (Phi) is 2.39. The van der Waals surface area contributed by atoms with Gasteiger partial charge in [0.25, 0.3) is 0 Å². The van der Waals surface area contributed by atoms with Crippen LogP contribution in [0.2, 0.25) is 0 Å². The fourth-order valence-corrected chi connectivity index (χ4v) is 1.82. The van der Waals surface area contributed by atoms with Crippen molar-refractivity contribution in [2.75, 3.05) is 7.11 Å². The summed E-state index contributed by atoms with van der Waals surface area (Å²) < 4.78 is 6.78. The van der Waals surface area contributed by atoms with Gasteiger partial charge in [-0.05, 0) is 30.5 Å². The smallest absolute Gasteiger partial charge is 0.330 e. The summed E-state index contributed by atoms with van der Waals surface area (Å²) in [5.41, 5.74) is 2.22. The number of aryl methyl sites for hydroxylation is 1. The number of nitrogens with zero attached hydrogens (tertiary/aromatic N) is 1. The van der Waals surface area contributed by atoms with E-state index in [1.165, 1.54) is 7.11 Å². The number of ether oxygens (including phenoxy) is 1. The first-order valence-corrected chi connectivity index (χ1v) is 4.75. The highest BCUT2D eigenvalue weighted by atomic mass is 16.5. The molecule has 2 rings (SSSR count). The normalized spacial score (nSPS) is 17.9. The Labute approximate surface area is 83.0 Å². The van der Waals surface area contributed by atoms with Crippen molar-refractivity contribution in [1.82, 2.24) is 4.57 Å². The van der Waals surface area contributed by atoms with Gasteiger partial charge >= 0.3 is 5.97 Å². The lowest BCUT2D eigenvalue weighted by atomic mass is 10.0. The van der Waals surface area contributed by atoms with E-state index in [1.54, 1.807) is 6.08 Å². The maximum atomic E-state index is 11.1. The average molecular weight is 191 g/mol. The summed E-state index contributed by atoms with van der Waals surface area (Å²) in [5.74, 6) is -0.269. The molecule has 0 saturated carbocycles. The topological polar surface area (TPSA) is 31.2 Å². The first kappa shape index (κ1) is 9.06. The predicted molar refractivity (Wildman–Crippen MR) is 53.7 cm³/mol. The van der Waals surface area contributed by atoms with Gasteiger partial charge in [0.15, 0.2) is 0 Å². The Morgan fingerprint density at radius 1 is 1.64 bits per heavy atom. The SMILES string of the molecule is COC(=O)C=C1CCCn2cccc21. The second-order valence-electron chi connectivity index (χ2n) is 3.38. The lowest BCUT2D eigenvalue weighted by molar-refractivity contribution is -0.134. The molecule has 0 fully saturated rings. The van der Waals surface area contributed by atoms with Gasteiger partial charge in [0.2, 0.25) is 0 Å². The number of allylic oxidation sites excluding steroid dienone is 1. The van der Waals surface area contributed by atoms with E-state index in [0.717, 1.165) is 30.7 Å². The number of carbonyl (C=O) groups excluding carboxylic acids is 1. The molecule has 2 heterocycles. The van der Waals surface area contributed by atoms with Gasteiger partial charge in [0.05, 0.1) is 7.11 Å². The number of esters is 1. The van der Waals surface area contributed by atoms with E-state index in [1.807, 2.05) is 18.3 Å². The van der Waals surface area contributed by atoms with E-state index in [9.17, 15) is 4.79 Å². The van der Waals surface area contributed by atoms with Gasteiger partial charge in [0.1, 0.15) is 0 Å². The lowest BCUT2D eigenvalue weighted by Crippen LogP contribution is -2.09. The molecule has 0 unspecified atom stereocenters. The maximum absolute atomic E-state index is 11.1. The summed E-state index contributed by atoms with van der Waals surface area (Å²) in [6.07, 6.45) is 5.67. The summed E-state index contributed by atoms with van der Waals surface area (Å²) in [5, 5.41) is 0. The Morgan fingerprint density at radius 3 is 3.29 bits per heavy atom. The zero-order chi connectivity index (χ0) is 9.97. The Bertz CT molecular complexity index is 376. The van der Waals surface area contributed by atoms with Crippen molar-refractivity contribution in [3.63, 3.8) is 0 Å². The van der Waals surface area contributed by atoms with E-state index in [0.29, 0.717) is 0 Å². The van der Waals surface area contributed by atoms with Crippen LogP contribution in [0.5, 0.6) is 0 Å². The highest BCUT2D eigenvalue weighted by Crippen LogP contribution is 2.26. The number of hydrogen-bond acceptors (Lipinski definition) is 2. The molecule has 0 saturated heterocycles. The van der Waals surface area contributed by atoms with E-state index >= 15 is 0 Å². The van der Waals surface area contributed by atoms with Gasteiger partial charge in [-0.3, -0.25) is 0 Å². The standard InChI is InChI=1S/C11H13NO2/c1-14-11(13)8-9-4-2-6-12-7-3-5-10(9)12/h3,5,7-8H,2,4,6H2,1H3. The predicted octanol–water partition coefficient (Wildman–Crippen LogP) is 1.84. The third-order valence-corrected chi connectivity index (χ3v) is 2.50. The third-order valence-electron chi connectivity index (χ3n) is 2.50. The van der Waals surface area contributed by atoms with Gasteiger partial charge in [-0.1, -0.05) is 0 Å². The summed E-state index contributed by atoms with van der Waals surface area (Å²) in [7, 11) is 1.40. The zero-order valence-electron chi connectivity index (χ0n) is 8.19. The Balaban J connectivity index is 2.32. The minimum Gasteiger partial charge on any atom is -0.466 e. The van der Waals surface area contributed by atoms with Crippen LogP contribution in [-0.2, 0) is 16.1 Å². The molecule has 1 aromatic rings. The van der Waals surface area contributed by atoms with E-state index in [-0.39, 0.29) is 5.97 Å². The van der Waals surface area contributed by atoms with Gasteiger partial charge in [-0.25, -0.2) is 4.79 Å². The van der Waals surface area contributed by atoms with Crippen molar-refractivity contribution in [2.45, 2.75) is 19.4 Å². The molecule has 0 aliphatic carbocycles. The molecular weight excluding hydrogens is 178 g/mol. The molecule has 0 radical (unpaired) electrons. The molecule has 0 amide bonds. The van der Waals surface area contributed by atoms with E-state index < -0.39 is 0 Å². The lowest BCUT2D eigenvalue weighted by Gasteiger charge is -2.17. The molecule has 0 N–H and O–H groups in total. The second-order valence-corrected chi connectivity index (χ2v) is 3.38. The molecule has 3 nitrogen and oxygen atoms in total. The maximum Gasteiger partial charge on any atom is 0.330 e. The van der Waals surface area contributed by atoms with Crippen LogP contribution in [-0.4, -0.2) is 17.6 Å². The highest BCUT2D eigenvalue weighted by molar-refractivity contribution is 5.91. The van der Waals surface area contributed by atoms with Crippen molar-refractivity contribution in [2.24, 2.45) is 0 Å². The molecule has 1 aromatic heterocycles. The average Bonchev–Trinajstić information content (AvgIpc) is 2.66. The van der Waals surface area contributed by atoms with Gasteiger partial charge < -0.3 is 9.30 Å². The highest BCUT2D eigenvalue weighted by Gasteiger charge is 2.13. The van der Waals surface area contributed by atoms with E-state index in [2.05, 4.69) is 9.30 Å². The fraction of sp³-hybridized carbons (Fsp3) is 0.364. The molecule has 74 valence electrons.